The topological polar surface area (TPSA) is 56.8 Å². The number of ether oxygens (including phenoxy) is 3. The van der Waals surface area contributed by atoms with Crippen LogP contribution in [0.1, 0.15) is 44.1 Å². The van der Waals surface area contributed by atoms with Crippen LogP contribution in [-0.2, 0) is 4.79 Å². The first-order valence-electron chi connectivity index (χ1n) is 8.29. The Hall–Kier alpha value is -1.91. The molecule has 1 aliphatic rings. The fourth-order valence-electron chi connectivity index (χ4n) is 2.98. The average molecular weight is 321 g/mol. The number of carbonyl (C=O) groups is 1. The third kappa shape index (κ3) is 5.05. The van der Waals surface area contributed by atoms with Crippen LogP contribution < -0.4 is 19.5 Å². The minimum Gasteiger partial charge on any atom is -0.493 e. The Kier molecular flexibility index (Phi) is 6.56. The molecule has 1 aromatic rings. The summed E-state index contributed by atoms with van der Waals surface area (Å²) in [5.74, 6) is 1.52. The molecule has 0 unspecified atom stereocenters. The first kappa shape index (κ1) is 17.4. The number of hydrogen-bond donors (Lipinski definition) is 1. The number of benzene rings is 1. The predicted octanol–water partition coefficient (Wildman–Crippen LogP) is 3.23. The van der Waals surface area contributed by atoms with E-state index in [9.17, 15) is 4.79 Å². The lowest BCUT2D eigenvalue weighted by molar-refractivity contribution is -0.123. The maximum absolute atomic E-state index is 12.1. The predicted molar refractivity (Wildman–Crippen MR) is 89.4 cm³/mol. The second-order valence-corrected chi connectivity index (χ2v) is 6.04. The van der Waals surface area contributed by atoms with Crippen LogP contribution in [0.15, 0.2) is 12.1 Å². The van der Waals surface area contributed by atoms with E-state index in [1.54, 1.807) is 14.2 Å². The summed E-state index contributed by atoms with van der Waals surface area (Å²) in [6.45, 7) is 1.92. The number of carbonyl (C=O) groups excluding carboxylic acids is 1. The molecule has 1 aromatic carbocycles. The van der Waals surface area contributed by atoms with Crippen molar-refractivity contribution in [2.75, 3.05) is 20.8 Å². The molecule has 5 heteroatoms. The second-order valence-electron chi connectivity index (χ2n) is 6.04. The molecule has 2 rings (SSSR count). The third-order valence-corrected chi connectivity index (χ3v) is 4.17. The van der Waals surface area contributed by atoms with E-state index >= 15 is 0 Å². The number of hydrogen-bond acceptors (Lipinski definition) is 4. The number of aryl methyl sites for hydroxylation is 1. The molecule has 1 aliphatic carbocycles. The monoisotopic (exact) mass is 321 g/mol. The quantitative estimate of drug-likeness (QED) is 0.817. The molecule has 1 N–H and O–H groups in total. The molecule has 1 fully saturated rings. The Bertz CT molecular complexity index is 497. The Morgan fingerprint density at radius 2 is 1.65 bits per heavy atom. The molecule has 0 atom stereocenters. The molecule has 1 saturated carbocycles. The van der Waals surface area contributed by atoms with Crippen LogP contribution in [0, 0.1) is 6.92 Å². The SMILES string of the molecule is COc1cc(C)cc(OC)c1OCC(=O)NC1CCCCCC1. The Morgan fingerprint density at radius 3 is 2.17 bits per heavy atom. The molecule has 23 heavy (non-hydrogen) atoms. The van der Waals surface area contributed by atoms with Gasteiger partial charge >= 0.3 is 0 Å². The van der Waals surface area contributed by atoms with E-state index in [0.717, 1.165) is 18.4 Å². The summed E-state index contributed by atoms with van der Waals surface area (Å²) >= 11 is 0. The Morgan fingerprint density at radius 1 is 1.09 bits per heavy atom. The summed E-state index contributed by atoms with van der Waals surface area (Å²) in [6, 6.07) is 4.00. The molecule has 0 aliphatic heterocycles. The van der Waals surface area contributed by atoms with Gasteiger partial charge in [-0.25, -0.2) is 0 Å². The van der Waals surface area contributed by atoms with Crippen LogP contribution in [0.25, 0.3) is 0 Å². The highest BCUT2D eigenvalue weighted by Gasteiger charge is 2.17. The maximum atomic E-state index is 12.1. The summed E-state index contributed by atoms with van der Waals surface area (Å²) in [7, 11) is 3.15. The first-order chi connectivity index (χ1) is 11.1. The highest BCUT2D eigenvalue weighted by Crippen LogP contribution is 2.38. The van der Waals surface area contributed by atoms with E-state index in [1.165, 1.54) is 25.7 Å². The van der Waals surface area contributed by atoms with Gasteiger partial charge in [-0.1, -0.05) is 25.7 Å². The summed E-state index contributed by atoms with van der Waals surface area (Å²) in [6.07, 6.45) is 7.02. The third-order valence-electron chi connectivity index (χ3n) is 4.17. The summed E-state index contributed by atoms with van der Waals surface area (Å²) < 4.78 is 16.3. The van der Waals surface area contributed by atoms with Crippen molar-refractivity contribution in [3.8, 4) is 17.2 Å². The number of nitrogens with one attached hydrogen (secondary N) is 1. The zero-order valence-electron chi connectivity index (χ0n) is 14.3. The van der Waals surface area contributed by atoms with Gasteiger partial charge in [0.1, 0.15) is 0 Å². The Labute approximate surface area is 138 Å². The largest absolute Gasteiger partial charge is 0.493 e. The van der Waals surface area contributed by atoms with Gasteiger partial charge in [0.15, 0.2) is 18.1 Å². The molecule has 128 valence electrons. The van der Waals surface area contributed by atoms with Crippen molar-refractivity contribution < 1.29 is 19.0 Å². The minimum atomic E-state index is -0.0958. The smallest absolute Gasteiger partial charge is 0.258 e. The van der Waals surface area contributed by atoms with Crippen molar-refractivity contribution in [2.24, 2.45) is 0 Å². The summed E-state index contributed by atoms with van der Waals surface area (Å²) in [4.78, 5) is 12.1. The maximum Gasteiger partial charge on any atom is 0.258 e. The summed E-state index contributed by atoms with van der Waals surface area (Å²) in [5.41, 5.74) is 1.01. The van der Waals surface area contributed by atoms with Crippen LogP contribution in [0.3, 0.4) is 0 Å². The van der Waals surface area contributed by atoms with Crippen LogP contribution in [-0.4, -0.2) is 32.8 Å². The van der Waals surface area contributed by atoms with Crippen molar-refractivity contribution >= 4 is 5.91 Å². The van der Waals surface area contributed by atoms with Crippen LogP contribution in [0.4, 0.5) is 0 Å². The van der Waals surface area contributed by atoms with Gasteiger partial charge in [0, 0.05) is 6.04 Å². The van der Waals surface area contributed by atoms with Gasteiger partial charge in [0.05, 0.1) is 14.2 Å². The standard InChI is InChI=1S/C18H27NO4/c1-13-10-15(21-2)18(16(11-13)22-3)23-12-17(20)19-14-8-6-4-5-7-9-14/h10-11,14H,4-9,12H2,1-3H3,(H,19,20). The van der Waals surface area contributed by atoms with Crippen molar-refractivity contribution in [2.45, 2.75) is 51.5 Å². The first-order valence-corrected chi connectivity index (χ1v) is 8.29. The molecular formula is C18H27NO4. The van der Waals surface area contributed by atoms with Crippen LogP contribution >= 0.6 is 0 Å². The summed E-state index contributed by atoms with van der Waals surface area (Å²) in [5, 5.41) is 3.07. The fourth-order valence-corrected chi connectivity index (χ4v) is 2.98. The van der Waals surface area contributed by atoms with Crippen molar-refractivity contribution in [1.29, 1.82) is 0 Å². The lowest BCUT2D eigenvalue weighted by Crippen LogP contribution is -2.37. The van der Waals surface area contributed by atoms with Gasteiger partial charge in [-0.2, -0.15) is 0 Å². The molecule has 0 saturated heterocycles. The fraction of sp³-hybridized carbons (Fsp3) is 0.611. The van der Waals surface area contributed by atoms with Gasteiger partial charge in [-0.3, -0.25) is 4.79 Å². The minimum absolute atomic E-state index is 0.0354. The van der Waals surface area contributed by atoms with E-state index < -0.39 is 0 Å². The normalized spacial score (nSPS) is 15.6. The number of rotatable bonds is 6. The highest BCUT2D eigenvalue weighted by atomic mass is 16.5. The molecule has 1 amide bonds. The van der Waals surface area contributed by atoms with Gasteiger partial charge < -0.3 is 19.5 Å². The van der Waals surface area contributed by atoms with Crippen LogP contribution in [0.5, 0.6) is 17.2 Å². The second kappa shape index (κ2) is 8.65. The van der Waals surface area contributed by atoms with Crippen molar-refractivity contribution in [1.82, 2.24) is 5.32 Å². The van der Waals surface area contributed by atoms with E-state index in [-0.39, 0.29) is 18.6 Å². The molecular weight excluding hydrogens is 294 g/mol. The zero-order chi connectivity index (χ0) is 16.7. The highest BCUT2D eigenvalue weighted by molar-refractivity contribution is 5.78. The van der Waals surface area contributed by atoms with Crippen LogP contribution in [0.2, 0.25) is 0 Å². The van der Waals surface area contributed by atoms with E-state index in [4.69, 9.17) is 14.2 Å². The van der Waals surface area contributed by atoms with Crippen molar-refractivity contribution in [3.63, 3.8) is 0 Å². The lowest BCUT2D eigenvalue weighted by Gasteiger charge is -2.18. The van der Waals surface area contributed by atoms with Gasteiger partial charge in [-0.05, 0) is 37.5 Å². The van der Waals surface area contributed by atoms with Crippen molar-refractivity contribution in [3.05, 3.63) is 17.7 Å². The molecule has 5 nitrogen and oxygen atoms in total. The van der Waals surface area contributed by atoms with Gasteiger partial charge in [0.25, 0.3) is 5.91 Å². The molecule has 0 aromatic heterocycles. The lowest BCUT2D eigenvalue weighted by atomic mass is 10.1. The Balaban J connectivity index is 1.95. The molecule has 0 bridgehead atoms. The van der Waals surface area contributed by atoms with E-state index in [1.807, 2.05) is 19.1 Å². The number of methoxy groups -OCH3 is 2. The zero-order valence-corrected chi connectivity index (χ0v) is 14.3. The molecule has 0 spiro atoms. The van der Waals surface area contributed by atoms with Gasteiger partial charge in [-0.15, -0.1) is 0 Å². The van der Waals surface area contributed by atoms with E-state index in [0.29, 0.717) is 17.2 Å². The van der Waals surface area contributed by atoms with E-state index in [2.05, 4.69) is 5.32 Å². The number of amides is 1. The molecule has 0 radical (unpaired) electrons. The average Bonchev–Trinajstić information content (AvgIpc) is 2.81. The van der Waals surface area contributed by atoms with Gasteiger partial charge in [0.2, 0.25) is 5.75 Å². The molecule has 0 heterocycles.